The lowest BCUT2D eigenvalue weighted by atomic mass is 9.77. The van der Waals surface area contributed by atoms with Gasteiger partial charge in [-0.1, -0.05) is 6.58 Å². The van der Waals surface area contributed by atoms with Crippen LogP contribution in [0.25, 0.3) is 11.2 Å². The molecule has 2 aliphatic rings. The number of nitrogens with zero attached hydrogens (tertiary/aromatic N) is 2. The van der Waals surface area contributed by atoms with Crippen LogP contribution in [-0.4, -0.2) is 101 Å². The van der Waals surface area contributed by atoms with Crippen LogP contribution in [0, 0.1) is 17.7 Å². The highest BCUT2D eigenvalue weighted by atomic mass is 19.1. The molecule has 2 aliphatic heterocycles. The van der Waals surface area contributed by atoms with Crippen LogP contribution in [0.2, 0.25) is 0 Å². The lowest BCUT2D eigenvalue weighted by Gasteiger charge is -2.48. The molecule has 2 fully saturated rings. The summed E-state index contributed by atoms with van der Waals surface area (Å²) in [5.74, 6) is 0.304. The van der Waals surface area contributed by atoms with Crippen molar-refractivity contribution in [2.75, 3.05) is 72.9 Å². The van der Waals surface area contributed by atoms with E-state index in [-0.39, 0.29) is 24.2 Å². The van der Waals surface area contributed by atoms with Gasteiger partial charge in [0.05, 0.1) is 33.0 Å². The summed E-state index contributed by atoms with van der Waals surface area (Å²) >= 11 is 0. The van der Waals surface area contributed by atoms with Crippen LogP contribution in [0.15, 0.2) is 33.9 Å². The summed E-state index contributed by atoms with van der Waals surface area (Å²) in [6.45, 7) is 8.00. The normalized spacial score (nSPS) is 21.9. The van der Waals surface area contributed by atoms with Crippen LogP contribution in [0.1, 0.15) is 18.4 Å². The second kappa shape index (κ2) is 13.9. The lowest BCUT2D eigenvalue weighted by molar-refractivity contribution is -0.140. The number of amides is 2. The van der Waals surface area contributed by atoms with Crippen molar-refractivity contribution >= 4 is 23.0 Å². The van der Waals surface area contributed by atoms with Gasteiger partial charge in [-0.05, 0) is 56.4 Å². The van der Waals surface area contributed by atoms with E-state index in [0.29, 0.717) is 93.7 Å². The van der Waals surface area contributed by atoms with Crippen LogP contribution in [0.4, 0.5) is 4.39 Å². The van der Waals surface area contributed by atoms with Gasteiger partial charge in [-0.25, -0.2) is 4.39 Å². The number of hydrogen-bond acceptors (Lipinski definition) is 8. The molecule has 11 heteroatoms. The number of piperidine rings is 2. The van der Waals surface area contributed by atoms with Crippen molar-refractivity contribution in [2.24, 2.45) is 11.8 Å². The van der Waals surface area contributed by atoms with E-state index in [4.69, 9.17) is 23.4 Å². The number of likely N-dealkylation sites (N-methyl/N-ethyl adjacent to an activating group) is 1. The maximum Gasteiger partial charge on any atom is 0.248 e. The maximum atomic E-state index is 14.4. The van der Waals surface area contributed by atoms with Gasteiger partial charge in [0.2, 0.25) is 23.0 Å². The first-order chi connectivity index (χ1) is 18.5. The van der Waals surface area contributed by atoms with Gasteiger partial charge in [-0.3, -0.25) is 18.7 Å². The Kier molecular flexibility index (Phi) is 10.3. The van der Waals surface area contributed by atoms with Gasteiger partial charge in [0.15, 0.2) is 0 Å². The van der Waals surface area contributed by atoms with E-state index in [9.17, 15) is 14.0 Å². The minimum absolute atomic E-state index is 0.00769. The fraction of sp³-hybridized carbons (Fsp3) is 0.630. The quantitative estimate of drug-likeness (QED) is 0.223. The van der Waals surface area contributed by atoms with Crippen LogP contribution >= 0.6 is 0 Å². The van der Waals surface area contributed by atoms with E-state index in [2.05, 4.69) is 23.8 Å². The van der Waals surface area contributed by atoms with Crippen LogP contribution in [-0.2, 0) is 30.2 Å². The first-order valence-corrected chi connectivity index (χ1v) is 13.2. The number of fused-ring (bicyclic) bond motifs is 2. The molecule has 1 aromatic carbocycles. The van der Waals surface area contributed by atoms with Gasteiger partial charge in [-0.2, -0.15) is 0 Å². The number of nitrogens with one attached hydrogen (secondary N) is 1. The number of carbonyl (C=O) groups excluding carboxylic acids is 2. The number of likely N-dealkylation sites (tertiary alicyclic amines) is 2. The van der Waals surface area contributed by atoms with Gasteiger partial charge in [0, 0.05) is 37.8 Å². The van der Waals surface area contributed by atoms with Crippen molar-refractivity contribution in [1.29, 1.82) is 0 Å². The van der Waals surface area contributed by atoms with Gasteiger partial charge >= 0.3 is 0 Å². The lowest BCUT2D eigenvalue weighted by Crippen LogP contribution is -2.57. The number of carbonyl (C=O) groups is 2. The average molecular weight is 536 g/mol. The molecule has 4 rings (SSSR count). The van der Waals surface area contributed by atoms with Gasteiger partial charge in [0.1, 0.15) is 12.4 Å². The zero-order valence-electron chi connectivity index (χ0n) is 22.0. The summed E-state index contributed by atoms with van der Waals surface area (Å²) in [7, 11) is 2.09. The van der Waals surface area contributed by atoms with Crippen LogP contribution in [0.5, 0.6) is 0 Å². The SMILES string of the molecule is C=CC(=O)NCCOCCOCCOCC(=O)N1CC[C@@H]2C[C@H](Cc3c(F)ccc4ooc34)CN(C)[C@H]2C1. The van der Waals surface area contributed by atoms with Crippen molar-refractivity contribution in [3.8, 4) is 0 Å². The van der Waals surface area contributed by atoms with E-state index in [1.54, 1.807) is 6.07 Å². The third-order valence-electron chi connectivity index (χ3n) is 7.40. The summed E-state index contributed by atoms with van der Waals surface area (Å²) in [4.78, 5) is 27.9. The number of hydrogen-bond donors (Lipinski definition) is 1. The Bertz CT molecular complexity index is 1070. The highest BCUT2D eigenvalue weighted by Crippen LogP contribution is 2.36. The Morgan fingerprint density at radius 1 is 1.13 bits per heavy atom. The topological polar surface area (TPSA) is 107 Å². The summed E-state index contributed by atoms with van der Waals surface area (Å²) < 4.78 is 40.8. The zero-order valence-corrected chi connectivity index (χ0v) is 22.0. The molecule has 0 aliphatic carbocycles. The molecular weight excluding hydrogens is 497 g/mol. The summed E-state index contributed by atoms with van der Waals surface area (Å²) in [5, 5.41) is 2.62. The van der Waals surface area contributed by atoms with E-state index >= 15 is 0 Å². The Hall–Kier alpha value is -2.73. The maximum absolute atomic E-state index is 14.4. The fourth-order valence-electron chi connectivity index (χ4n) is 5.45. The molecule has 38 heavy (non-hydrogen) atoms. The number of halogens is 1. The van der Waals surface area contributed by atoms with Crippen molar-refractivity contribution in [3.63, 3.8) is 0 Å². The molecule has 2 saturated heterocycles. The number of ether oxygens (including phenoxy) is 3. The molecule has 10 nitrogen and oxygen atoms in total. The molecule has 0 bridgehead atoms. The summed E-state index contributed by atoms with van der Waals surface area (Å²) in [6, 6.07) is 3.33. The van der Waals surface area contributed by atoms with Gasteiger partial charge in [-0.15, -0.1) is 0 Å². The van der Waals surface area contributed by atoms with Crippen LogP contribution in [0.3, 0.4) is 0 Å². The predicted molar refractivity (Wildman–Crippen MR) is 137 cm³/mol. The fourth-order valence-corrected chi connectivity index (χ4v) is 5.45. The minimum Gasteiger partial charge on any atom is -0.377 e. The molecule has 2 aromatic rings. The number of benzene rings is 1. The summed E-state index contributed by atoms with van der Waals surface area (Å²) in [5.41, 5.74) is 1.72. The second-order valence-electron chi connectivity index (χ2n) is 9.99. The van der Waals surface area contributed by atoms with Crippen molar-refractivity contribution in [3.05, 3.63) is 36.2 Å². The molecule has 0 radical (unpaired) electrons. The molecule has 1 N–H and O–H groups in total. The average Bonchev–Trinajstić information content (AvgIpc) is 2.89. The van der Waals surface area contributed by atoms with Gasteiger partial charge < -0.3 is 29.3 Å². The molecule has 3 heterocycles. The molecule has 0 saturated carbocycles. The summed E-state index contributed by atoms with van der Waals surface area (Å²) in [6.07, 6.45) is 3.76. The van der Waals surface area contributed by atoms with Crippen molar-refractivity contribution in [1.82, 2.24) is 15.1 Å². The molecule has 0 unspecified atom stereocenters. The third-order valence-corrected chi connectivity index (χ3v) is 7.40. The van der Waals surface area contributed by atoms with Crippen LogP contribution < -0.4 is 5.32 Å². The smallest absolute Gasteiger partial charge is 0.248 e. The number of rotatable bonds is 14. The van der Waals surface area contributed by atoms with Gasteiger partial charge in [0.25, 0.3) is 0 Å². The Balaban J connectivity index is 1.09. The molecule has 0 spiro atoms. The van der Waals surface area contributed by atoms with E-state index < -0.39 is 0 Å². The minimum atomic E-state index is -0.248. The Morgan fingerprint density at radius 3 is 2.63 bits per heavy atom. The standard InChI is InChI=1S/C27H38FN3O7/c1-3-25(32)29-7-9-34-10-11-35-12-13-36-18-26(33)31-8-6-20-14-19(16-30(2)23(20)17-31)15-21-22(28)4-5-24-27(21)38-37-24/h3-5,19-20,23H,1,6-18H2,2H3,(H,29,32)/t19-,20-,23+/m1/s1. The first-order valence-electron chi connectivity index (χ1n) is 13.2. The Morgan fingerprint density at radius 2 is 1.89 bits per heavy atom. The molecule has 3 atom stereocenters. The predicted octanol–water partition coefficient (Wildman–Crippen LogP) is 2.23. The molecular formula is C27H38FN3O7. The monoisotopic (exact) mass is 535 g/mol. The highest BCUT2D eigenvalue weighted by Gasteiger charge is 2.39. The molecule has 2 amide bonds. The Labute approximate surface area is 221 Å². The highest BCUT2D eigenvalue weighted by molar-refractivity contribution is 5.86. The largest absolute Gasteiger partial charge is 0.377 e. The van der Waals surface area contributed by atoms with Crippen molar-refractivity contribution < 1.29 is 37.3 Å². The third kappa shape index (κ3) is 7.43. The van der Waals surface area contributed by atoms with Crippen molar-refractivity contribution in [2.45, 2.75) is 25.3 Å². The first kappa shape index (κ1) is 28.3. The zero-order chi connectivity index (χ0) is 26.9. The van der Waals surface area contributed by atoms with E-state index in [1.807, 2.05) is 4.90 Å². The van der Waals surface area contributed by atoms with E-state index in [0.717, 1.165) is 19.4 Å². The molecule has 1 aromatic heterocycles. The second-order valence-corrected chi connectivity index (χ2v) is 9.99. The molecule has 210 valence electrons. The van der Waals surface area contributed by atoms with E-state index in [1.165, 1.54) is 12.1 Å².